The van der Waals surface area contributed by atoms with Crippen LogP contribution >= 0.6 is 0 Å². The van der Waals surface area contributed by atoms with Crippen molar-refractivity contribution >= 4 is 71.2 Å². The van der Waals surface area contributed by atoms with Gasteiger partial charge in [0.15, 0.2) is 0 Å². The molecule has 0 unspecified atom stereocenters. The monoisotopic (exact) mass is 864 g/mol. The Morgan fingerprint density at radius 2 is 0.794 bits per heavy atom. The highest BCUT2D eigenvalue weighted by Gasteiger charge is 2.20. The van der Waals surface area contributed by atoms with Crippen LogP contribution in [-0.2, 0) is 0 Å². The number of anilines is 3. The van der Waals surface area contributed by atoms with Gasteiger partial charge in [-0.2, -0.15) is 0 Å². The number of nitrogens with zero attached hydrogens (tertiary/aromatic N) is 2. The van der Waals surface area contributed by atoms with E-state index in [-0.39, 0.29) is 0 Å². The fraction of sp³-hybridized carbons (Fsp3) is 0. The number of para-hydroxylation sites is 1. The molecule has 13 rings (SSSR count). The highest BCUT2D eigenvalue weighted by molar-refractivity contribution is 6.22. The van der Waals surface area contributed by atoms with Crippen molar-refractivity contribution in [1.82, 2.24) is 4.57 Å². The third-order valence-corrected chi connectivity index (χ3v) is 13.8. The van der Waals surface area contributed by atoms with Crippen molar-refractivity contribution in [3.63, 3.8) is 0 Å². The minimum Gasteiger partial charge on any atom is -0.310 e. The molecule has 1 aromatic heterocycles. The molecule has 0 saturated carbocycles. The summed E-state index contributed by atoms with van der Waals surface area (Å²) in [5.74, 6) is 0. The molecule has 0 aliphatic carbocycles. The molecule has 0 N–H and O–H groups in total. The van der Waals surface area contributed by atoms with Gasteiger partial charge in [0.05, 0.1) is 11.0 Å². The van der Waals surface area contributed by atoms with Gasteiger partial charge in [0.25, 0.3) is 0 Å². The average Bonchev–Trinajstić information content (AvgIpc) is 3.77. The first-order valence-corrected chi connectivity index (χ1v) is 23.4. The lowest BCUT2D eigenvalue weighted by molar-refractivity contribution is 1.19. The normalized spacial score (nSPS) is 11.5. The van der Waals surface area contributed by atoms with E-state index in [0.717, 1.165) is 28.3 Å². The molecule has 68 heavy (non-hydrogen) atoms. The second-order valence-electron chi connectivity index (χ2n) is 17.7. The van der Waals surface area contributed by atoms with Crippen molar-refractivity contribution in [1.29, 1.82) is 0 Å². The largest absolute Gasteiger partial charge is 0.310 e. The van der Waals surface area contributed by atoms with E-state index in [1.807, 2.05) is 0 Å². The Kier molecular flexibility index (Phi) is 9.54. The Morgan fingerprint density at radius 3 is 1.50 bits per heavy atom. The van der Waals surface area contributed by atoms with E-state index in [1.165, 1.54) is 93.1 Å². The number of fused-ring (bicyclic) bond motifs is 8. The predicted molar refractivity (Wildman–Crippen MR) is 290 cm³/mol. The molecule has 0 spiro atoms. The van der Waals surface area contributed by atoms with E-state index >= 15 is 0 Å². The summed E-state index contributed by atoms with van der Waals surface area (Å²) < 4.78 is 2.45. The molecule has 0 aliphatic heterocycles. The van der Waals surface area contributed by atoms with Crippen LogP contribution in [0.15, 0.2) is 267 Å². The van der Waals surface area contributed by atoms with Crippen molar-refractivity contribution in [3.05, 3.63) is 267 Å². The highest BCUT2D eigenvalue weighted by atomic mass is 15.1. The van der Waals surface area contributed by atoms with Gasteiger partial charge in [-0.3, -0.25) is 0 Å². The lowest BCUT2D eigenvalue weighted by Gasteiger charge is -2.26. The smallest absolute Gasteiger partial charge is 0.0619 e. The molecule has 0 amide bonds. The number of hydrogen-bond acceptors (Lipinski definition) is 1. The minimum atomic E-state index is 1.08. The summed E-state index contributed by atoms with van der Waals surface area (Å²) in [6.07, 6.45) is 0. The van der Waals surface area contributed by atoms with Crippen LogP contribution < -0.4 is 4.90 Å². The Hall–Kier alpha value is -8.98. The molecular formula is C66H44N2. The van der Waals surface area contributed by atoms with Crippen LogP contribution in [0.3, 0.4) is 0 Å². The van der Waals surface area contributed by atoms with Crippen LogP contribution in [0.25, 0.3) is 104 Å². The number of hydrogen-bond donors (Lipinski definition) is 0. The van der Waals surface area contributed by atoms with Gasteiger partial charge in [0.1, 0.15) is 0 Å². The first-order valence-electron chi connectivity index (χ1n) is 23.4. The van der Waals surface area contributed by atoms with Gasteiger partial charge in [-0.15, -0.1) is 0 Å². The van der Waals surface area contributed by atoms with Crippen LogP contribution in [0.2, 0.25) is 0 Å². The summed E-state index contributed by atoms with van der Waals surface area (Å²) in [7, 11) is 0. The molecule has 2 heteroatoms. The third kappa shape index (κ3) is 6.73. The van der Waals surface area contributed by atoms with E-state index in [2.05, 4.69) is 276 Å². The van der Waals surface area contributed by atoms with Crippen LogP contribution in [0.4, 0.5) is 17.1 Å². The number of aromatic nitrogens is 1. The van der Waals surface area contributed by atoms with Crippen LogP contribution in [0, 0.1) is 0 Å². The second kappa shape index (κ2) is 16.5. The molecule has 0 bridgehead atoms. The maximum absolute atomic E-state index is 2.45. The Balaban J connectivity index is 0.953. The number of benzene rings is 12. The van der Waals surface area contributed by atoms with Gasteiger partial charge in [-0.25, -0.2) is 0 Å². The zero-order valence-electron chi connectivity index (χ0n) is 37.3. The molecule has 0 atom stereocenters. The minimum absolute atomic E-state index is 1.08. The average molecular weight is 865 g/mol. The molecule has 318 valence electrons. The second-order valence-corrected chi connectivity index (χ2v) is 17.7. The zero-order valence-corrected chi connectivity index (χ0v) is 37.3. The van der Waals surface area contributed by atoms with Crippen molar-refractivity contribution < 1.29 is 0 Å². The van der Waals surface area contributed by atoms with Crippen LogP contribution in [0.1, 0.15) is 0 Å². The molecule has 0 fully saturated rings. The summed E-state index contributed by atoms with van der Waals surface area (Å²) >= 11 is 0. The molecule has 13 aromatic rings. The Labute approximate surface area is 395 Å². The zero-order chi connectivity index (χ0) is 45.0. The van der Waals surface area contributed by atoms with Crippen LogP contribution in [0.5, 0.6) is 0 Å². The standard InChI is InChI=1S/C66H44N2/c1-3-15-45(16-4-1)46-29-31-47(32-30-46)48-33-38-54(39-34-48)67(55-40-35-50(36-41-55)63-44-52-18-8-9-23-57(52)60-25-11-12-26-61(60)63)56-22-13-19-51(43-56)58-27-14-28-64-65(58)62-42-37-49-17-7-10-24-59(49)66(62)68(64)53-20-5-2-6-21-53/h1-44H. The van der Waals surface area contributed by atoms with E-state index in [4.69, 9.17) is 0 Å². The molecule has 1 heterocycles. The van der Waals surface area contributed by atoms with Gasteiger partial charge in [0.2, 0.25) is 0 Å². The summed E-state index contributed by atoms with van der Waals surface area (Å²) in [6, 6.07) is 97.4. The van der Waals surface area contributed by atoms with E-state index in [1.54, 1.807) is 0 Å². The number of rotatable bonds is 8. The lowest BCUT2D eigenvalue weighted by Crippen LogP contribution is -2.10. The Morgan fingerprint density at radius 1 is 0.265 bits per heavy atom. The van der Waals surface area contributed by atoms with Gasteiger partial charge in [-0.05, 0) is 132 Å². The molecule has 12 aromatic carbocycles. The maximum atomic E-state index is 2.45. The summed E-state index contributed by atoms with van der Waals surface area (Å²) in [4.78, 5) is 2.40. The highest BCUT2D eigenvalue weighted by Crippen LogP contribution is 2.44. The molecule has 0 radical (unpaired) electrons. The quantitative estimate of drug-likeness (QED) is 0.138. The predicted octanol–water partition coefficient (Wildman–Crippen LogP) is 18.4. The molecule has 0 saturated heterocycles. The van der Waals surface area contributed by atoms with Gasteiger partial charge in [-0.1, -0.05) is 206 Å². The summed E-state index contributed by atoms with van der Waals surface area (Å²) in [5, 5.41) is 10.0. The van der Waals surface area contributed by atoms with E-state index in [0.29, 0.717) is 0 Å². The van der Waals surface area contributed by atoms with E-state index < -0.39 is 0 Å². The van der Waals surface area contributed by atoms with Crippen LogP contribution in [-0.4, -0.2) is 4.57 Å². The van der Waals surface area contributed by atoms with E-state index in [9.17, 15) is 0 Å². The van der Waals surface area contributed by atoms with Gasteiger partial charge < -0.3 is 9.47 Å². The first kappa shape index (κ1) is 39.4. The fourth-order valence-electron chi connectivity index (χ4n) is 10.5. The summed E-state index contributed by atoms with van der Waals surface area (Å²) in [6.45, 7) is 0. The summed E-state index contributed by atoms with van der Waals surface area (Å²) in [5.41, 5.74) is 16.4. The van der Waals surface area contributed by atoms with Gasteiger partial charge >= 0.3 is 0 Å². The van der Waals surface area contributed by atoms with Crippen molar-refractivity contribution in [3.8, 4) is 50.2 Å². The molecular weight excluding hydrogens is 821 g/mol. The van der Waals surface area contributed by atoms with Crippen molar-refractivity contribution in [2.24, 2.45) is 0 Å². The topological polar surface area (TPSA) is 8.17 Å². The SMILES string of the molecule is c1ccc(-c2ccc(-c3ccc(N(c4ccc(-c5cc6ccccc6c6ccccc56)cc4)c4cccc(-c5cccc6c5c5ccc7ccccc7c5n6-c5ccccc5)c4)cc3)cc2)cc1. The lowest BCUT2D eigenvalue weighted by atomic mass is 9.93. The first-order chi connectivity index (χ1) is 33.7. The third-order valence-electron chi connectivity index (χ3n) is 13.8. The molecule has 2 nitrogen and oxygen atoms in total. The van der Waals surface area contributed by atoms with Gasteiger partial charge in [0, 0.05) is 38.9 Å². The van der Waals surface area contributed by atoms with Crippen molar-refractivity contribution in [2.45, 2.75) is 0 Å². The Bertz CT molecular complexity index is 3980. The fourth-order valence-corrected chi connectivity index (χ4v) is 10.5. The maximum Gasteiger partial charge on any atom is 0.0619 e. The van der Waals surface area contributed by atoms with Crippen molar-refractivity contribution in [2.75, 3.05) is 4.90 Å². The molecule has 0 aliphatic rings.